The molecule has 0 fully saturated rings. The van der Waals surface area contributed by atoms with Gasteiger partial charge in [0.2, 0.25) is 0 Å². The van der Waals surface area contributed by atoms with Crippen molar-refractivity contribution in [2.75, 3.05) is 12.4 Å². The van der Waals surface area contributed by atoms with Crippen LogP contribution in [0.4, 0.5) is 5.69 Å². The van der Waals surface area contributed by atoms with Gasteiger partial charge in [-0.3, -0.25) is 4.79 Å². The fraction of sp³-hybridized carbons (Fsp3) is 0.227. The molecule has 1 N–H and O–H groups in total. The summed E-state index contributed by atoms with van der Waals surface area (Å²) in [5, 5.41) is 5.73. The first-order chi connectivity index (χ1) is 12.6. The van der Waals surface area contributed by atoms with Crippen LogP contribution >= 0.6 is 0 Å². The Kier molecular flexibility index (Phi) is 4.03. The highest BCUT2D eigenvalue weighted by molar-refractivity contribution is 6.02. The Bertz CT molecular complexity index is 981. The fourth-order valence-electron chi connectivity index (χ4n) is 3.53. The van der Waals surface area contributed by atoms with Gasteiger partial charge in [-0.1, -0.05) is 42.5 Å². The van der Waals surface area contributed by atoms with E-state index in [-0.39, 0.29) is 18.2 Å². The van der Waals surface area contributed by atoms with Gasteiger partial charge in [-0.15, -0.1) is 0 Å². The second-order valence-electron chi connectivity index (χ2n) is 6.87. The zero-order valence-corrected chi connectivity index (χ0v) is 15.2. The monoisotopic (exact) mass is 346 g/mol. The summed E-state index contributed by atoms with van der Waals surface area (Å²) in [4.78, 5) is 14.7. The van der Waals surface area contributed by atoms with Crippen molar-refractivity contribution in [3.05, 3.63) is 71.8 Å². The lowest BCUT2D eigenvalue weighted by Gasteiger charge is -2.37. The van der Waals surface area contributed by atoms with E-state index in [0.717, 1.165) is 27.8 Å². The molecule has 3 aromatic carbocycles. The van der Waals surface area contributed by atoms with Crippen LogP contribution in [0.1, 0.15) is 35.9 Å². The Morgan fingerprint density at radius 2 is 1.73 bits per heavy atom. The summed E-state index contributed by atoms with van der Waals surface area (Å²) in [5.74, 6) is 0.808. The van der Waals surface area contributed by atoms with Crippen LogP contribution in [0.2, 0.25) is 0 Å². The SMILES string of the molecule is CC(C)Oc1ccc2ccccc2c1C1Nc2ccccc2C(=O)N1C. The normalized spacial score (nSPS) is 16.5. The van der Waals surface area contributed by atoms with Gasteiger partial charge in [0, 0.05) is 18.3 Å². The maximum Gasteiger partial charge on any atom is 0.257 e. The van der Waals surface area contributed by atoms with Crippen molar-refractivity contribution in [2.45, 2.75) is 26.1 Å². The minimum atomic E-state index is -0.294. The molecule has 1 heterocycles. The van der Waals surface area contributed by atoms with Gasteiger partial charge >= 0.3 is 0 Å². The van der Waals surface area contributed by atoms with Crippen LogP contribution < -0.4 is 10.1 Å². The minimum Gasteiger partial charge on any atom is -0.491 e. The van der Waals surface area contributed by atoms with E-state index < -0.39 is 0 Å². The number of rotatable bonds is 3. The zero-order chi connectivity index (χ0) is 18.3. The zero-order valence-electron chi connectivity index (χ0n) is 15.2. The standard InChI is InChI=1S/C22H22N2O2/c1-14(2)26-19-13-12-15-8-4-5-9-16(15)20(19)21-23-18-11-7-6-10-17(18)22(25)24(21)3/h4-14,21,23H,1-3H3. The number of hydrogen-bond acceptors (Lipinski definition) is 3. The molecule has 0 bridgehead atoms. The highest BCUT2D eigenvalue weighted by atomic mass is 16.5. The molecule has 26 heavy (non-hydrogen) atoms. The number of fused-ring (bicyclic) bond motifs is 2. The number of para-hydroxylation sites is 1. The highest BCUT2D eigenvalue weighted by Gasteiger charge is 2.33. The molecular formula is C22H22N2O2. The summed E-state index contributed by atoms with van der Waals surface area (Å²) in [6.45, 7) is 4.02. The van der Waals surface area contributed by atoms with Crippen LogP contribution in [0.25, 0.3) is 10.8 Å². The number of amides is 1. The third-order valence-corrected chi connectivity index (χ3v) is 4.72. The number of carbonyl (C=O) groups is 1. The van der Waals surface area contributed by atoms with Gasteiger partial charge in [-0.05, 0) is 42.8 Å². The predicted molar refractivity (Wildman–Crippen MR) is 105 cm³/mol. The van der Waals surface area contributed by atoms with E-state index in [4.69, 9.17) is 4.74 Å². The summed E-state index contributed by atoms with van der Waals surface area (Å²) < 4.78 is 6.10. The summed E-state index contributed by atoms with van der Waals surface area (Å²) >= 11 is 0. The maximum absolute atomic E-state index is 12.9. The van der Waals surface area contributed by atoms with Crippen LogP contribution in [-0.2, 0) is 0 Å². The van der Waals surface area contributed by atoms with Crippen molar-refractivity contribution in [3.63, 3.8) is 0 Å². The average molecular weight is 346 g/mol. The van der Waals surface area contributed by atoms with E-state index in [9.17, 15) is 4.79 Å². The van der Waals surface area contributed by atoms with Gasteiger partial charge < -0.3 is 15.0 Å². The van der Waals surface area contributed by atoms with Crippen LogP contribution in [0, 0.1) is 0 Å². The first kappa shape index (κ1) is 16.5. The van der Waals surface area contributed by atoms with Crippen molar-refractivity contribution in [1.29, 1.82) is 0 Å². The molecule has 132 valence electrons. The number of anilines is 1. The molecule has 1 atom stereocenters. The summed E-state index contributed by atoms with van der Waals surface area (Å²) in [6, 6.07) is 19.9. The Morgan fingerprint density at radius 1 is 1.00 bits per heavy atom. The molecular weight excluding hydrogens is 324 g/mol. The predicted octanol–water partition coefficient (Wildman–Crippen LogP) is 4.82. The third-order valence-electron chi connectivity index (χ3n) is 4.72. The number of nitrogens with zero attached hydrogens (tertiary/aromatic N) is 1. The van der Waals surface area contributed by atoms with Gasteiger partial charge in [0.1, 0.15) is 11.9 Å². The quantitative estimate of drug-likeness (QED) is 0.739. The van der Waals surface area contributed by atoms with E-state index in [1.807, 2.05) is 63.4 Å². The number of carbonyl (C=O) groups excluding carboxylic acids is 1. The molecule has 0 saturated carbocycles. The number of ether oxygens (including phenoxy) is 1. The number of hydrogen-bond donors (Lipinski definition) is 1. The van der Waals surface area contributed by atoms with Crippen molar-refractivity contribution in [1.82, 2.24) is 4.90 Å². The molecule has 3 aromatic rings. The van der Waals surface area contributed by atoms with E-state index in [1.54, 1.807) is 4.90 Å². The third kappa shape index (κ3) is 2.68. The van der Waals surface area contributed by atoms with E-state index in [0.29, 0.717) is 5.56 Å². The molecule has 4 nitrogen and oxygen atoms in total. The number of benzene rings is 3. The molecule has 4 heteroatoms. The molecule has 1 unspecified atom stereocenters. The largest absolute Gasteiger partial charge is 0.491 e. The maximum atomic E-state index is 12.9. The molecule has 4 rings (SSSR count). The molecule has 0 aliphatic carbocycles. The average Bonchev–Trinajstić information content (AvgIpc) is 2.64. The van der Waals surface area contributed by atoms with Crippen LogP contribution in [0.15, 0.2) is 60.7 Å². The van der Waals surface area contributed by atoms with E-state index >= 15 is 0 Å². The smallest absolute Gasteiger partial charge is 0.257 e. The number of nitrogens with one attached hydrogen (secondary N) is 1. The molecule has 0 aromatic heterocycles. The van der Waals surface area contributed by atoms with Crippen molar-refractivity contribution < 1.29 is 9.53 Å². The van der Waals surface area contributed by atoms with Crippen LogP contribution in [0.5, 0.6) is 5.75 Å². The summed E-state index contributed by atoms with van der Waals surface area (Å²) in [7, 11) is 1.83. The molecule has 1 aliphatic rings. The first-order valence-corrected chi connectivity index (χ1v) is 8.87. The van der Waals surface area contributed by atoms with Crippen LogP contribution in [-0.4, -0.2) is 24.0 Å². The Balaban J connectivity index is 1.91. The molecule has 0 spiro atoms. The second-order valence-corrected chi connectivity index (χ2v) is 6.87. The Morgan fingerprint density at radius 3 is 2.54 bits per heavy atom. The van der Waals surface area contributed by atoms with Gasteiger partial charge in [-0.25, -0.2) is 0 Å². The highest BCUT2D eigenvalue weighted by Crippen LogP contribution is 2.40. The lowest BCUT2D eigenvalue weighted by atomic mass is 9.97. The van der Waals surface area contributed by atoms with Crippen molar-refractivity contribution >= 4 is 22.4 Å². The van der Waals surface area contributed by atoms with E-state index in [2.05, 4.69) is 23.5 Å². The molecule has 0 radical (unpaired) electrons. The molecule has 1 amide bonds. The lowest BCUT2D eigenvalue weighted by molar-refractivity contribution is 0.0734. The van der Waals surface area contributed by atoms with Crippen molar-refractivity contribution in [3.8, 4) is 5.75 Å². The van der Waals surface area contributed by atoms with Gasteiger partial charge in [-0.2, -0.15) is 0 Å². The van der Waals surface area contributed by atoms with Crippen LogP contribution in [0.3, 0.4) is 0 Å². The Hall–Kier alpha value is -3.01. The summed E-state index contributed by atoms with van der Waals surface area (Å²) in [6.07, 6.45) is -0.246. The molecule has 1 aliphatic heterocycles. The summed E-state index contributed by atoms with van der Waals surface area (Å²) in [5.41, 5.74) is 2.53. The lowest BCUT2D eigenvalue weighted by Crippen LogP contribution is -2.40. The fourth-order valence-corrected chi connectivity index (χ4v) is 3.53. The second kappa shape index (κ2) is 6.37. The van der Waals surface area contributed by atoms with Gasteiger partial charge in [0.25, 0.3) is 5.91 Å². The topological polar surface area (TPSA) is 41.6 Å². The van der Waals surface area contributed by atoms with Gasteiger partial charge in [0.05, 0.1) is 11.7 Å². The molecule has 0 saturated heterocycles. The van der Waals surface area contributed by atoms with Crippen molar-refractivity contribution in [2.24, 2.45) is 0 Å². The van der Waals surface area contributed by atoms with Gasteiger partial charge in [0.15, 0.2) is 0 Å². The first-order valence-electron chi connectivity index (χ1n) is 8.87. The van der Waals surface area contributed by atoms with E-state index in [1.165, 1.54) is 0 Å². The minimum absolute atomic E-state index is 0.00720. The Labute approximate surface area is 153 Å².